The third-order valence-corrected chi connectivity index (χ3v) is 3.38. The van der Waals surface area contributed by atoms with Crippen LogP contribution in [0.2, 0.25) is 5.02 Å². The zero-order valence-electron chi connectivity index (χ0n) is 11.6. The lowest BCUT2D eigenvalue weighted by atomic mass is 10.0. The number of hydroxylamine groups is 1. The zero-order chi connectivity index (χ0) is 17.0. The molecule has 0 aliphatic heterocycles. The van der Waals surface area contributed by atoms with E-state index < -0.39 is 17.6 Å². The Morgan fingerprint density at radius 3 is 2.43 bits per heavy atom. The molecule has 2 rings (SSSR count). The number of amides is 1. The van der Waals surface area contributed by atoms with E-state index >= 15 is 0 Å². The molecule has 0 unspecified atom stereocenters. The second kappa shape index (κ2) is 6.85. The monoisotopic (exact) mass is 341 g/mol. The summed E-state index contributed by atoms with van der Waals surface area (Å²) in [4.78, 5) is 10.9. The number of carbonyl (C=O) groups excluding carboxylic acids is 1. The van der Waals surface area contributed by atoms with Gasteiger partial charge in [-0.05, 0) is 41.0 Å². The molecule has 3 nitrogen and oxygen atoms in total. The van der Waals surface area contributed by atoms with Crippen molar-refractivity contribution >= 4 is 23.6 Å². The van der Waals surface area contributed by atoms with Crippen molar-refractivity contribution in [3.8, 4) is 11.1 Å². The molecule has 23 heavy (non-hydrogen) atoms. The summed E-state index contributed by atoms with van der Waals surface area (Å²) in [6, 6.07) is 9.59. The molecule has 0 aromatic heterocycles. The van der Waals surface area contributed by atoms with Crippen molar-refractivity contribution in [3.63, 3.8) is 0 Å². The van der Waals surface area contributed by atoms with E-state index in [9.17, 15) is 18.0 Å². The number of hydrogen-bond acceptors (Lipinski definition) is 2. The van der Waals surface area contributed by atoms with Crippen molar-refractivity contribution in [3.05, 3.63) is 64.7 Å². The largest absolute Gasteiger partial charge is 0.416 e. The molecule has 0 saturated carbocycles. The van der Waals surface area contributed by atoms with Gasteiger partial charge in [0.1, 0.15) is 0 Å². The molecule has 0 fully saturated rings. The number of halogens is 4. The first-order valence-corrected chi connectivity index (χ1v) is 6.78. The smallest absolute Gasteiger partial charge is 0.288 e. The number of hydrogen-bond donors (Lipinski definition) is 2. The van der Waals surface area contributed by atoms with Crippen LogP contribution in [0.4, 0.5) is 13.2 Å². The second-order valence-corrected chi connectivity index (χ2v) is 5.03. The first-order chi connectivity index (χ1) is 10.8. The number of alkyl halides is 3. The fourth-order valence-corrected chi connectivity index (χ4v) is 2.16. The third kappa shape index (κ3) is 4.34. The molecule has 0 aliphatic rings. The quantitative estimate of drug-likeness (QED) is 0.489. The van der Waals surface area contributed by atoms with Crippen molar-refractivity contribution in [2.24, 2.45) is 0 Å². The summed E-state index contributed by atoms with van der Waals surface area (Å²) in [5, 5.41) is 8.66. The SMILES string of the molecule is O=C(/C=C/c1ccc(-c2cccc(C(F)(F)F)c2)cc1Cl)NO. The van der Waals surface area contributed by atoms with Gasteiger partial charge in [-0.15, -0.1) is 0 Å². The number of rotatable bonds is 3. The topological polar surface area (TPSA) is 49.3 Å². The molecular formula is C16H11ClF3NO2. The molecule has 2 aromatic rings. The summed E-state index contributed by atoms with van der Waals surface area (Å²) in [6.07, 6.45) is -1.96. The Kier molecular flexibility index (Phi) is 5.08. The summed E-state index contributed by atoms with van der Waals surface area (Å²) < 4.78 is 38.2. The molecular weight excluding hydrogens is 331 g/mol. The van der Waals surface area contributed by atoms with E-state index in [1.165, 1.54) is 23.7 Å². The van der Waals surface area contributed by atoms with Crippen molar-refractivity contribution in [2.45, 2.75) is 6.18 Å². The number of carbonyl (C=O) groups is 1. The molecule has 0 saturated heterocycles. The molecule has 0 bridgehead atoms. The third-order valence-electron chi connectivity index (χ3n) is 3.05. The predicted octanol–water partition coefficient (Wildman–Crippen LogP) is 4.54. The standard InChI is InChI=1S/C16H11ClF3NO2/c17-14-9-12(5-4-10(14)6-7-15(22)21-23)11-2-1-3-13(8-11)16(18,19)20/h1-9,23H,(H,21,22)/b7-6+. The second-order valence-electron chi connectivity index (χ2n) is 4.62. The van der Waals surface area contributed by atoms with Crippen LogP contribution in [0.3, 0.4) is 0 Å². The van der Waals surface area contributed by atoms with Gasteiger partial charge in [0.2, 0.25) is 0 Å². The lowest BCUT2D eigenvalue weighted by Crippen LogP contribution is -2.14. The highest BCUT2D eigenvalue weighted by Gasteiger charge is 2.30. The fourth-order valence-electron chi connectivity index (χ4n) is 1.92. The van der Waals surface area contributed by atoms with Crippen LogP contribution in [0.25, 0.3) is 17.2 Å². The van der Waals surface area contributed by atoms with Gasteiger partial charge < -0.3 is 0 Å². The van der Waals surface area contributed by atoms with Crippen molar-refractivity contribution in [2.75, 3.05) is 0 Å². The van der Waals surface area contributed by atoms with Crippen LogP contribution >= 0.6 is 11.6 Å². The minimum atomic E-state index is -4.42. The minimum absolute atomic E-state index is 0.266. The first-order valence-electron chi connectivity index (χ1n) is 6.40. The Bertz CT molecular complexity index is 757. The molecule has 0 heterocycles. The Hall–Kier alpha value is -2.31. The van der Waals surface area contributed by atoms with E-state index in [-0.39, 0.29) is 5.02 Å². The maximum atomic E-state index is 12.7. The van der Waals surface area contributed by atoms with Crippen LogP contribution < -0.4 is 5.48 Å². The molecule has 0 spiro atoms. The molecule has 0 radical (unpaired) electrons. The van der Waals surface area contributed by atoms with Crippen LogP contribution in [0.1, 0.15) is 11.1 Å². The molecule has 120 valence electrons. The average molecular weight is 342 g/mol. The highest BCUT2D eigenvalue weighted by atomic mass is 35.5. The Morgan fingerprint density at radius 1 is 1.13 bits per heavy atom. The molecule has 0 aliphatic carbocycles. The van der Waals surface area contributed by atoms with Gasteiger partial charge in [-0.25, -0.2) is 5.48 Å². The molecule has 2 aromatic carbocycles. The number of benzene rings is 2. The van der Waals surface area contributed by atoms with E-state index in [4.69, 9.17) is 16.8 Å². The van der Waals surface area contributed by atoms with Crippen LogP contribution in [0.15, 0.2) is 48.5 Å². The highest BCUT2D eigenvalue weighted by Crippen LogP contribution is 2.33. The van der Waals surface area contributed by atoms with Crippen molar-refractivity contribution in [1.29, 1.82) is 0 Å². The van der Waals surface area contributed by atoms with Crippen molar-refractivity contribution in [1.82, 2.24) is 5.48 Å². The van der Waals surface area contributed by atoms with E-state index in [2.05, 4.69) is 0 Å². The predicted molar refractivity (Wildman–Crippen MR) is 80.9 cm³/mol. The number of nitrogens with one attached hydrogen (secondary N) is 1. The summed E-state index contributed by atoms with van der Waals surface area (Å²) in [7, 11) is 0. The van der Waals surface area contributed by atoms with Gasteiger partial charge in [0.05, 0.1) is 5.56 Å². The van der Waals surface area contributed by atoms with Crippen molar-refractivity contribution < 1.29 is 23.2 Å². The zero-order valence-corrected chi connectivity index (χ0v) is 12.3. The fraction of sp³-hybridized carbons (Fsp3) is 0.0625. The van der Waals surface area contributed by atoms with Crippen LogP contribution in [-0.4, -0.2) is 11.1 Å². The summed E-state index contributed by atoms with van der Waals surface area (Å²) >= 11 is 6.07. The van der Waals surface area contributed by atoms with E-state index in [0.717, 1.165) is 18.2 Å². The van der Waals surface area contributed by atoms with Gasteiger partial charge in [0.15, 0.2) is 0 Å². The maximum Gasteiger partial charge on any atom is 0.416 e. The van der Waals surface area contributed by atoms with E-state index in [1.54, 1.807) is 18.2 Å². The van der Waals surface area contributed by atoms with Gasteiger partial charge in [-0.3, -0.25) is 10.0 Å². The Morgan fingerprint density at radius 2 is 1.83 bits per heavy atom. The maximum absolute atomic E-state index is 12.7. The van der Waals surface area contributed by atoms with Crippen LogP contribution in [-0.2, 0) is 11.0 Å². The molecule has 7 heteroatoms. The van der Waals surface area contributed by atoms with Gasteiger partial charge in [0, 0.05) is 11.1 Å². The van der Waals surface area contributed by atoms with Crippen LogP contribution in [0.5, 0.6) is 0 Å². The summed E-state index contributed by atoms with van der Waals surface area (Å²) in [5.41, 5.74) is 2.09. The molecule has 2 N–H and O–H groups in total. The first kappa shape index (κ1) is 17.1. The highest BCUT2D eigenvalue weighted by molar-refractivity contribution is 6.32. The van der Waals surface area contributed by atoms with Crippen LogP contribution in [0, 0.1) is 0 Å². The molecule has 0 atom stereocenters. The minimum Gasteiger partial charge on any atom is -0.288 e. The molecule has 1 amide bonds. The average Bonchev–Trinajstić information content (AvgIpc) is 2.52. The summed E-state index contributed by atoms with van der Waals surface area (Å²) in [5.74, 6) is -0.719. The Balaban J connectivity index is 2.34. The Labute approximate surface area is 135 Å². The lowest BCUT2D eigenvalue weighted by Gasteiger charge is -2.09. The van der Waals surface area contributed by atoms with Gasteiger partial charge in [0.25, 0.3) is 5.91 Å². The van der Waals surface area contributed by atoms with Gasteiger partial charge >= 0.3 is 6.18 Å². The van der Waals surface area contributed by atoms with Gasteiger partial charge in [-0.2, -0.15) is 13.2 Å². The summed E-state index contributed by atoms with van der Waals surface area (Å²) in [6.45, 7) is 0. The lowest BCUT2D eigenvalue weighted by molar-refractivity contribution is -0.137. The van der Waals surface area contributed by atoms with E-state index in [0.29, 0.717) is 16.7 Å². The van der Waals surface area contributed by atoms with E-state index in [1.807, 2.05) is 0 Å². The normalized spacial score (nSPS) is 11.7. The van der Waals surface area contributed by atoms with Gasteiger partial charge in [-0.1, -0.05) is 35.9 Å².